The van der Waals surface area contributed by atoms with Crippen LogP contribution in [0.3, 0.4) is 0 Å². The van der Waals surface area contributed by atoms with Crippen molar-refractivity contribution in [3.63, 3.8) is 0 Å². The van der Waals surface area contributed by atoms with Crippen molar-refractivity contribution in [2.24, 2.45) is 0 Å². The fourth-order valence-corrected chi connectivity index (χ4v) is 2.58. The van der Waals surface area contributed by atoms with E-state index in [-0.39, 0.29) is 6.61 Å². The van der Waals surface area contributed by atoms with Gasteiger partial charge < -0.3 is 4.74 Å². The van der Waals surface area contributed by atoms with Gasteiger partial charge in [-0.2, -0.15) is 0 Å². The molecule has 2 aromatic rings. The fraction of sp³-hybridized carbons (Fsp3) is 0.286. The van der Waals surface area contributed by atoms with Crippen molar-refractivity contribution >= 4 is 22.4 Å². The van der Waals surface area contributed by atoms with E-state index >= 15 is 0 Å². The SMILES string of the molecule is CC#CCOC(=O)N(C)c1sc(-c2cncnc2)nc1C. The minimum absolute atomic E-state index is 0.0803. The Bertz CT molecular complexity index is 688. The molecule has 0 aliphatic carbocycles. The Hall–Kier alpha value is -2.46. The molecule has 0 saturated carbocycles. The lowest BCUT2D eigenvalue weighted by atomic mass is 10.3. The number of amides is 1. The number of aryl methyl sites for hydroxylation is 1. The summed E-state index contributed by atoms with van der Waals surface area (Å²) in [6.45, 7) is 3.62. The van der Waals surface area contributed by atoms with E-state index in [2.05, 4.69) is 26.8 Å². The summed E-state index contributed by atoms with van der Waals surface area (Å²) in [5.74, 6) is 5.35. The molecular weight excluding hydrogens is 288 g/mol. The zero-order valence-electron chi connectivity index (χ0n) is 12.0. The number of hydrogen-bond donors (Lipinski definition) is 0. The second kappa shape index (κ2) is 6.81. The molecule has 2 aromatic heterocycles. The lowest BCUT2D eigenvalue weighted by molar-refractivity contribution is 0.169. The van der Waals surface area contributed by atoms with Crippen LogP contribution in [0.25, 0.3) is 10.6 Å². The summed E-state index contributed by atoms with van der Waals surface area (Å²) in [5.41, 5.74) is 1.57. The first-order valence-electron chi connectivity index (χ1n) is 6.16. The number of thiazole rings is 1. The molecule has 0 spiro atoms. The van der Waals surface area contributed by atoms with E-state index in [1.54, 1.807) is 26.4 Å². The first kappa shape index (κ1) is 14.9. The molecule has 0 aromatic carbocycles. The molecule has 0 saturated heterocycles. The van der Waals surface area contributed by atoms with Crippen LogP contribution in [-0.2, 0) is 4.74 Å². The van der Waals surface area contributed by atoms with Gasteiger partial charge in [-0.05, 0) is 13.8 Å². The summed E-state index contributed by atoms with van der Waals surface area (Å²) in [7, 11) is 1.65. The van der Waals surface area contributed by atoms with Gasteiger partial charge in [0.05, 0.1) is 5.69 Å². The molecule has 0 aliphatic rings. The number of anilines is 1. The molecule has 0 N–H and O–H groups in total. The summed E-state index contributed by atoms with van der Waals surface area (Å²) in [6, 6.07) is 0. The highest BCUT2D eigenvalue weighted by Crippen LogP contribution is 2.33. The van der Waals surface area contributed by atoms with E-state index in [1.807, 2.05) is 6.92 Å². The molecule has 0 bridgehead atoms. The van der Waals surface area contributed by atoms with Crippen molar-refractivity contribution in [2.75, 3.05) is 18.6 Å². The average Bonchev–Trinajstić information content (AvgIpc) is 2.89. The fourth-order valence-electron chi connectivity index (χ4n) is 1.58. The molecule has 0 aliphatic heterocycles. The standard InChI is InChI=1S/C14H14N4O2S/c1-4-5-6-20-14(19)18(3)13-10(2)17-12(21-13)11-7-15-9-16-8-11/h7-9H,6H2,1-3H3. The Morgan fingerprint density at radius 1 is 1.43 bits per heavy atom. The monoisotopic (exact) mass is 302 g/mol. The third-order valence-electron chi connectivity index (χ3n) is 2.60. The van der Waals surface area contributed by atoms with Crippen molar-refractivity contribution in [3.05, 3.63) is 24.4 Å². The highest BCUT2D eigenvalue weighted by molar-refractivity contribution is 7.19. The number of nitrogens with zero attached hydrogens (tertiary/aromatic N) is 4. The van der Waals surface area contributed by atoms with Gasteiger partial charge in [0.15, 0.2) is 6.61 Å². The van der Waals surface area contributed by atoms with Crippen LogP contribution in [0.1, 0.15) is 12.6 Å². The van der Waals surface area contributed by atoms with E-state index in [0.29, 0.717) is 0 Å². The lowest BCUT2D eigenvalue weighted by Gasteiger charge is -2.14. The second-order valence-corrected chi connectivity index (χ2v) is 5.05. The Balaban J connectivity index is 2.18. The smallest absolute Gasteiger partial charge is 0.415 e. The van der Waals surface area contributed by atoms with Crippen molar-refractivity contribution < 1.29 is 9.53 Å². The van der Waals surface area contributed by atoms with E-state index in [9.17, 15) is 4.79 Å². The van der Waals surface area contributed by atoms with Crippen LogP contribution >= 0.6 is 11.3 Å². The van der Waals surface area contributed by atoms with E-state index < -0.39 is 6.09 Å². The maximum atomic E-state index is 11.9. The van der Waals surface area contributed by atoms with Crippen LogP contribution in [0.4, 0.5) is 9.80 Å². The summed E-state index contributed by atoms with van der Waals surface area (Å²) in [4.78, 5) is 25.7. The van der Waals surface area contributed by atoms with E-state index in [4.69, 9.17) is 4.74 Å². The normalized spacial score (nSPS) is 9.67. The molecule has 6 nitrogen and oxygen atoms in total. The van der Waals surface area contributed by atoms with Crippen molar-refractivity contribution in [2.45, 2.75) is 13.8 Å². The molecule has 1 amide bonds. The van der Waals surface area contributed by atoms with Crippen LogP contribution < -0.4 is 4.90 Å². The summed E-state index contributed by atoms with van der Waals surface area (Å²) < 4.78 is 5.04. The topological polar surface area (TPSA) is 68.2 Å². The van der Waals surface area contributed by atoms with Gasteiger partial charge in [-0.3, -0.25) is 4.90 Å². The highest BCUT2D eigenvalue weighted by atomic mass is 32.1. The van der Waals surface area contributed by atoms with Gasteiger partial charge in [-0.1, -0.05) is 17.3 Å². The third kappa shape index (κ3) is 3.55. The van der Waals surface area contributed by atoms with E-state index in [1.165, 1.54) is 22.6 Å². The Kier molecular flexibility index (Phi) is 4.85. The van der Waals surface area contributed by atoms with Gasteiger partial charge in [0.1, 0.15) is 16.3 Å². The van der Waals surface area contributed by atoms with Gasteiger partial charge in [-0.15, -0.1) is 5.92 Å². The molecule has 108 valence electrons. The molecular formula is C14H14N4O2S. The first-order valence-corrected chi connectivity index (χ1v) is 6.98. The maximum absolute atomic E-state index is 11.9. The van der Waals surface area contributed by atoms with Crippen LogP contribution in [0.2, 0.25) is 0 Å². The molecule has 0 unspecified atom stereocenters. The molecule has 7 heteroatoms. The summed E-state index contributed by atoms with van der Waals surface area (Å²) in [6.07, 6.45) is 4.37. The summed E-state index contributed by atoms with van der Waals surface area (Å²) in [5, 5.41) is 1.49. The molecule has 2 rings (SSSR count). The van der Waals surface area contributed by atoms with Crippen LogP contribution in [0.15, 0.2) is 18.7 Å². The van der Waals surface area contributed by atoms with Gasteiger partial charge >= 0.3 is 6.09 Å². The molecule has 0 atom stereocenters. The summed E-state index contributed by atoms with van der Waals surface area (Å²) >= 11 is 1.39. The molecule has 2 heterocycles. The Labute approximate surface area is 126 Å². The van der Waals surface area contributed by atoms with Gasteiger partial charge in [0, 0.05) is 25.0 Å². The predicted octanol–water partition coefficient (Wildman–Crippen LogP) is 2.50. The van der Waals surface area contributed by atoms with Crippen molar-refractivity contribution in [1.29, 1.82) is 0 Å². The van der Waals surface area contributed by atoms with Crippen molar-refractivity contribution in [1.82, 2.24) is 15.0 Å². The van der Waals surface area contributed by atoms with Crippen LogP contribution in [0.5, 0.6) is 0 Å². The number of ether oxygens (including phenoxy) is 1. The van der Waals surface area contributed by atoms with Crippen LogP contribution in [0, 0.1) is 18.8 Å². The second-order valence-electron chi connectivity index (χ2n) is 4.08. The zero-order chi connectivity index (χ0) is 15.2. The molecule has 21 heavy (non-hydrogen) atoms. The zero-order valence-corrected chi connectivity index (χ0v) is 12.8. The minimum Gasteiger partial charge on any atom is -0.436 e. The lowest BCUT2D eigenvalue weighted by Crippen LogP contribution is -2.27. The highest BCUT2D eigenvalue weighted by Gasteiger charge is 2.19. The number of rotatable bonds is 3. The van der Waals surface area contributed by atoms with Gasteiger partial charge in [-0.25, -0.2) is 19.7 Å². The maximum Gasteiger partial charge on any atom is 0.415 e. The largest absolute Gasteiger partial charge is 0.436 e. The van der Waals surface area contributed by atoms with Gasteiger partial charge in [0.2, 0.25) is 0 Å². The van der Waals surface area contributed by atoms with Gasteiger partial charge in [0.25, 0.3) is 0 Å². The minimum atomic E-state index is -0.458. The van der Waals surface area contributed by atoms with E-state index in [0.717, 1.165) is 21.3 Å². The predicted molar refractivity (Wildman–Crippen MR) is 81.1 cm³/mol. The number of carbonyl (C=O) groups is 1. The number of hydrogen-bond acceptors (Lipinski definition) is 6. The van der Waals surface area contributed by atoms with Crippen LogP contribution in [-0.4, -0.2) is 34.7 Å². The third-order valence-corrected chi connectivity index (χ3v) is 3.89. The number of carbonyl (C=O) groups excluding carboxylic acids is 1. The molecule has 0 fully saturated rings. The average molecular weight is 302 g/mol. The quantitative estimate of drug-likeness (QED) is 0.815. The first-order chi connectivity index (χ1) is 10.1. The molecule has 0 radical (unpaired) electrons. The Morgan fingerprint density at radius 2 is 2.14 bits per heavy atom. The van der Waals surface area contributed by atoms with Crippen molar-refractivity contribution in [3.8, 4) is 22.4 Å². The number of aromatic nitrogens is 3. The Morgan fingerprint density at radius 3 is 2.81 bits per heavy atom.